The van der Waals surface area contributed by atoms with E-state index in [2.05, 4.69) is 31.9 Å². The van der Waals surface area contributed by atoms with Gasteiger partial charge in [-0.3, -0.25) is 0 Å². The maximum Gasteiger partial charge on any atom is 0.231 e. The van der Waals surface area contributed by atoms with Crippen molar-refractivity contribution in [3.05, 3.63) is 15.0 Å². The summed E-state index contributed by atoms with van der Waals surface area (Å²) >= 11 is 6.62. The molecule has 0 saturated carbocycles. The lowest BCUT2D eigenvalue weighted by molar-refractivity contribution is 0.168. The van der Waals surface area contributed by atoms with Gasteiger partial charge in [-0.1, -0.05) is 0 Å². The average Bonchev–Trinajstić information content (AvgIpc) is 2.76. The number of hydrogen-bond donors (Lipinski definition) is 0. The van der Waals surface area contributed by atoms with Crippen LogP contribution in [0, 0.1) is 0 Å². The third kappa shape index (κ3) is 2.37. The van der Waals surface area contributed by atoms with Gasteiger partial charge in [-0.05, 0) is 44.0 Å². The molecule has 0 saturated heterocycles. The van der Waals surface area contributed by atoms with Gasteiger partial charge in [0.15, 0.2) is 11.5 Å². The smallest absolute Gasteiger partial charge is 0.231 e. The minimum atomic E-state index is 0.171. The molecule has 0 bridgehead atoms. The Labute approximate surface area is 116 Å². The fourth-order valence-corrected chi connectivity index (χ4v) is 2.11. The van der Waals surface area contributed by atoms with Crippen molar-refractivity contribution in [2.45, 2.75) is 0 Å². The van der Waals surface area contributed by atoms with Crippen molar-refractivity contribution in [1.29, 1.82) is 0 Å². The Morgan fingerprint density at radius 1 is 1.24 bits per heavy atom. The van der Waals surface area contributed by atoms with Gasteiger partial charge in [-0.15, -0.1) is 0 Å². The zero-order valence-corrected chi connectivity index (χ0v) is 12.4. The fourth-order valence-electron chi connectivity index (χ4n) is 1.62. The van der Waals surface area contributed by atoms with Gasteiger partial charge < -0.3 is 18.9 Å². The summed E-state index contributed by atoms with van der Waals surface area (Å²) in [4.78, 5) is 0. The summed E-state index contributed by atoms with van der Waals surface area (Å²) in [5.41, 5.74) is 0.831. The van der Waals surface area contributed by atoms with E-state index < -0.39 is 0 Å². The molecular formula is C11H10Br2O4. The van der Waals surface area contributed by atoms with Crippen molar-refractivity contribution in [3.8, 4) is 23.0 Å². The second-order valence-corrected chi connectivity index (χ2v) is 5.97. The summed E-state index contributed by atoms with van der Waals surface area (Å²) in [6.07, 6.45) is 1.85. The van der Waals surface area contributed by atoms with Crippen LogP contribution in [0.25, 0.3) is 6.08 Å². The van der Waals surface area contributed by atoms with E-state index in [4.69, 9.17) is 18.9 Å². The molecule has 1 aliphatic rings. The fraction of sp³-hybridized carbons (Fsp3) is 0.273. The Morgan fingerprint density at radius 2 is 1.94 bits per heavy atom. The summed E-state index contributed by atoms with van der Waals surface area (Å²) in [5.74, 6) is 2.38. The third-order valence-electron chi connectivity index (χ3n) is 2.28. The van der Waals surface area contributed by atoms with E-state index >= 15 is 0 Å². The van der Waals surface area contributed by atoms with Crippen LogP contribution in [0.15, 0.2) is 9.46 Å². The quantitative estimate of drug-likeness (QED) is 0.821. The van der Waals surface area contributed by atoms with Crippen molar-refractivity contribution in [2.75, 3.05) is 21.0 Å². The van der Waals surface area contributed by atoms with Crippen molar-refractivity contribution in [2.24, 2.45) is 0 Å². The van der Waals surface area contributed by atoms with Gasteiger partial charge in [-0.2, -0.15) is 0 Å². The molecule has 0 amide bonds. The van der Waals surface area contributed by atoms with Gasteiger partial charge in [0, 0.05) is 5.56 Å². The Hall–Kier alpha value is -0.880. The minimum Gasteiger partial charge on any atom is -0.493 e. The average molecular weight is 366 g/mol. The first-order valence-corrected chi connectivity index (χ1v) is 6.33. The van der Waals surface area contributed by atoms with Gasteiger partial charge in [-0.25, -0.2) is 0 Å². The first kappa shape index (κ1) is 12.6. The van der Waals surface area contributed by atoms with Gasteiger partial charge in [0.05, 0.1) is 17.6 Å². The topological polar surface area (TPSA) is 36.9 Å². The third-order valence-corrected chi connectivity index (χ3v) is 2.74. The second kappa shape index (κ2) is 5.18. The monoisotopic (exact) mass is 364 g/mol. The Balaban J connectivity index is 2.63. The molecule has 0 spiro atoms. The number of methoxy groups -OCH3 is 2. The number of fused-ring (bicyclic) bond motifs is 1. The van der Waals surface area contributed by atoms with Crippen LogP contribution in [0.4, 0.5) is 0 Å². The summed E-state index contributed by atoms with van der Waals surface area (Å²) in [5, 5.41) is 0. The van der Waals surface area contributed by atoms with Crippen LogP contribution in [0.2, 0.25) is 0 Å². The molecule has 1 aromatic rings. The lowest BCUT2D eigenvalue weighted by atomic mass is 10.1. The number of benzene rings is 1. The van der Waals surface area contributed by atoms with Crippen molar-refractivity contribution < 1.29 is 18.9 Å². The van der Waals surface area contributed by atoms with Crippen LogP contribution in [-0.2, 0) is 0 Å². The standard InChI is InChI=1S/C11H10Br2O4/c1-14-7-3-6(4-8(12)13)9(15-2)11-10(7)16-5-17-11/h3-4H,5H2,1-2H3. The van der Waals surface area contributed by atoms with Crippen molar-refractivity contribution >= 4 is 37.9 Å². The number of ether oxygens (including phenoxy) is 4. The highest BCUT2D eigenvalue weighted by Crippen LogP contribution is 2.50. The molecule has 0 radical (unpaired) electrons. The zero-order chi connectivity index (χ0) is 12.4. The first-order chi connectivity index (χ1) is 8.17. The first-order valence-electron chi connectivity index (χ1n) is 4.74. The van der Waals surface area contributed by atoms with Gasteiger partial charge >= 0.3 is 0 Å². The van der Waals surface area contributed by atoms with E-state index in [1.165, 1.54) is 0 Å². The normalized spacial score (nSPS) is 12.2. The lowest BCUT2D eigenvalue weighted by Crippen LogP contribution is -1.94. The van der Waals surface area contributed by atoms with Crippen LogP contribution in [0.3, 0.4) is 0 Å². The molecule has 0 N–H and O–H groups in total. The Morgan fingerprint density at radius 3 is 2.53 bits per heavy atom. The molecule has 92 valence electrons. The molecule has 0 unspecified atom stereocenters. The predicted molar refractivity (Wildman–Crippen MR) is 71.5 cm³/mol. The number of halogens is 2. The largest absolute Gasteiger partial charge is 0.493 e. The lowest BCUT2D eigenvalue weighted by Gasteiger charge is -2.11. The summed E-state index contributed by atoms with van der Waals surface area (Å²) in [6, 6.07) is 1.83. The maximum absolute atomic E-state index is 5.40. The molecule has 4 nitrogen and oxygen atoms in total. The molecule has 6 heteroatoms. The second-order valence-electron chi connectivity index (χ2n) is 3.20. The zero-order valence-electron chi connectivity index (χ0n) is 9.25. The van der Waals surface area contributed by atoms with Gasteiger partial charge in [0.2, 0.25) is 18.3 Å². The van der Waals surface area contributed by atoms with Crippen LogP contribution >= 0.6 is 31.9 Å². The summed E-state index contributed by atoms with van der Waals surface area (Å²) in [6.45, 7) is 0.171. The molecule has 17 heavy (non-hydrogen) atoms. The molecule has 1 heterocycles. The van der Waals surface area contributed by atoms with Gasteiger partial charge in [0.25, 0.3) is 0 Å². The molecule has 1 aromatic carbocycles. The van der Waals surface area contributed by atoms with Crippen LogP contribution < -0.4 is 18.9 Å². The molecule has 0 aliphatic carbocycles. The summed E-state index contributed by atoms with van der Waals surface area (Å²) in [7, 11) is 3.17. The molecule has 2 rings (SSSR count). The highest BCUT2D eigenvalue weighted by Gasteiger charge is 2.26. The summed E-state index contributed by atoms with van der Waals surface area (Å²) < 4.78 is 22.1. The van der Waals surface area contributed by atoms with E-state index in [0.29, 0.717) is 23.0 Å². The molecule has 1 aliphatic heterocycles. The van der Waals surface area contributed by atoms with Crippen molar-refractivity contribution in [1.82, 2.24) is 0 Å². The minimum absolute atomic E-state index is 0.171. The highest BCUT2D eigenvalue weighted by atomic mass is 79.9. The van der Waals surface area contributed by atoms with E-state index in [1.54, 1.807) is 14.2 Å². The molecule has 0 fully saturated rings. The van der Waals surface area contributed by atoms with Crippen molar-refractivity contribution in [3.63, 3.8) is 0 Å². The van der Waals surface area contributed by atoms with E-state index in [0.717, 1.165) is 8.96 Å². The van der Waals surface area contributed by atoms with E-state index in [1.807, 2.05) is 12.1 Å². The van der Waals surface area contributed by atoms with E-state index in [9.17, 15) is 0 Å². The molecule has 0 aromatic heterocycles. The molecular weight excluding hydrogens is 356 g/mol. The highest BCUT2D eigenvalue weighted by molar-refractivity contribution is 9.28. The van der Waals surface area contributed by atoms with Crippen LogP contribution in [-0.4, -0.2) is 21.0 Å². The Kier molecular flexibility index (Phi) is 3.83. The molecule has 0 atom stereocenters. The SMILES string of the molecule is COc1cc(C=C(Br)Br)c(OC)c2c1OCO2. The predicted octanol–water partition coefficient (Wildman–Crippen LogP) is 3.52. The maximum atomic E-state index is 5.40. The Bertz CT molecular complexity index is 467. The van der Waals surface area contributed by atoms with Gasteiger partial charge in [0.1, 0.15) is 0 Å². The van der Waals surface area contributed by atoms with Crippen LogP contribution in [0.5, 0.6) is 23.0 Å². The van der Waals surface area contributed by atoms with E-state index in [-0.39, 0.29) is 6.79 Å². The number of hydrogen-bond acceptors (Lipinski definition) is 4. The van der Waals surface area contributed by atoms with Crippen LogP contribution in [0.1, 0.15) is 5.56 Å². The number of rotatable bonds is 3.